The van der Waals surface area contributed by atoms with Crippen LogP contribution in [0.15, 0.2) is 24.3 Å². The van der Waals surface area contributed by atoms with Crippen molar-refractivity contribution >= 4 is 41.5 Å². The van der Waals surface area contributed by atoms with E-state index in [4.69, 9.17) is 22.3 Å². The summed E-state index contributed by atoms with van der Waals surface area (Å²) in [6, 6.07) is -0.104. The van der Waals surface area contributed by atoms with Gasteiger partial charge in [0.25, 0.3) is 0 Å². The lowest BCUT2D eigenvalue weighted by molar-refractivity contribution is -0.143. The van der Waals surface area contributed by atoms with Gasteiger partial charge in [-0.3, -0.25) is 28.8 Å². The minimum absolute atomic E-state index is 0.0738. The summed E-state index contributed by atoms with van der Waals surface area (Å²) in [6.45, 7) is 0. The summed E-state index contributed by atoms with van der Waals surface area (Å²) in [5.74, 6) is -7.09. The lowest BCUT2D eigenvalue weighted by atomic mass is 10.0. The molecule has 0 spiro atoms. The highest BCUT2D eigenvalue weighted by atomic mass is 16.4. The zero-order chi connectivity index (χ0) is 30.4. The third-order valence-corrected chi connectivity index (χ3v) is 5.62. The van der Waals surface area contributed by atoms with Gasteiger partial charge in [-0.05, 0) is 37.0 Å². The average molecular weight is 567 g/mol. The van der Waals surface area contributed by atoms with E-state index in [0.29, 0.717) is 5.56 Å². The van der Waals surface area contributed by atoms with Gasteiger partial charge in [0.05, 0.1) is 6.04 Å². The molecule has 16 nitrogen and oxygen atoms in total. The Kier molecular flexibility index (Phi) is 13.6. The predicted molar refractivity (Wildman–Crippen MR) is 137 cm³/mol. The van der Waals surface area contributed by atoms with Crippen molar-refractivity contribution in [2.24, 2.45) is 17.2 Å². The number of nitrogens with two attached hydrogens (primary N) is 3. The van der Waals surface area contributed by atoms with Gasteiger partial charge in [0.15, 0.2) is 0 Å². The number of carbonyl (C=O) groups excluding carboxylic acids is 5. The largest absolute Gasteiger partial charge is 0.508 e. The predicted octanol–water partition coefficient (Wildman–Crippen LogP) is -2.80. The molecule has 220 valence electrons. The van der Waals surface area contributed by atoms with E-state index in [-0.39, 0.29) is 37.9 Å². The number of rotatable bonds is 18. The van der Waals surface area contributed by atoms with Crippen molar-refractivity contribution in [1.29, 1.82) is 0 Å². The number of carboxylic acid groups (broad SMARTS) is 2. The Hall–Kier alpha value is -4.73. The van der Waals surface area contributed by atoms with Crippen LogP contribution in [0.5, 0.6) is 5.75 Å². The second-order valence-corrected chi connectivity index (χ2v) is 8.94. The second kappa shape index (κ2) is 16.3. The normalized spacial score (nSPS) is 13.6. The van der Waals surface area contributed by atoms with Gasteiger partial charge in [-0.15, -0.1) is 0 Å². The van der Waals surface area contributed by atoms with Crippen LogP contribution < -0.4 is 33.2 Å². The first-order valence-electron chi connectivity index (χ1n) is 12.1. The highest BCUT2D eigenvalue weighted by molar-refractivity contribution is 5.94. The van der Waals surface area contributed by atoms with Crippen LogP contribution in [0.3, 0.4) is 0 Å². The van der Waals surface area contributed by atoms with Crippen molar-refractivity contribution in [3.63, 3.8) is 0 Å². The third kappa shape index (κ3) is 12.7. The third-order valence-electron chi connectivity index (χ3n) is 5.62. The van der Waals surface area contributed by atoms with Crippen molar-refractivity contribution in [1.82, 2.24) is 16.0 Å². The molecule has 0 saturated heterocycles. The quantitative estimate of drug-likeness (QED) is 0.0873. The van der Waals surface area contributed by atoms with E-state index >= 15 is 0 Å². The number of carboxylic acids is 2. The van der Waals surface area contributed by atoms with Crippen molar-refractivity contribution in [2.75, 3.05) is 0 Å². The van der Waals surface area contributed by atoms with E-state index in [9.17, 15) is 43.8 Å². The van der Waals surface area contributed by atoms with Gasteiger partial charge < -0.3 is 48.5 Å². The average Bonchev–Trinajstić information content (AvgIpc) is 2.87. The van der Waals surface area contributed by atoms with Crippen molar-refractivity contribution in [3.05, 3.63) is 29.8 Å². The molecule has 0 bridgehead atoms. The molecule has 0 aromatic heterocycles. The zero-order valence-electron chi connectivity index (χ0n) is 21.5. The highest BCUT2D eigenvalue weighted by Crippen LogP contribution is 2.12. The molecule has 16 heteroatoms. The van der Waals surface area contributed by atoms with Crippen LogP contribution in [0.1, 0.15) is 44.1 Å². The molecule has 0 aliphatic heterocycles. The molecule has 4 atom stereocenters. The SMILES string of the molecule is NC(=O)CCC(N)C(=O)NC(CCC(N)=O)C(=O)NC(Cc1ccc(O)cc1)C(=O)NC(CCC(=O)O)C(=O)O. The Bertz CT molecular complexity index is 1090. The Labute approximate surface area is 228 Å². The summed E-state index contributed by atoms with van der Waals surface area (Å²) in [7, 11) is 0. The molecule has 12 N–H and O–H groups in total. The van der Waals surface area contributed by atoms with E-state index in [0.717, 1.165) is 0 Å². The maximum Gasteiger partial charge on any atom is 0.326 e. The summed E-state index contributed by atoms with van der Waals surface area (Å²) in [5.41, 5.74) is 16.4. The summed E-state index contributed by atoms with van der Waals surface area (Å²) in [5, 5.41) is 34.7. The molecule has 0 saturated carbocycles. The zero-order valence-corrected chi connectivity index (χ0v) is 21.5. The number of aliphatic carboxylic acids is 2. The minimum atomic E-state index is -1.59. The summed E-state index contributed by atoms with van der Waals surface area (Å²) in [4.78, 5) is 83.5. The molecule has 0 fully saturated rings. The van der Waals surface area contributed by atoms with E-state index in [1.807, 2.05) is 0 Å². The van der Waals surface area contributed by atoms with Crippen LogP contribution in [-0.2, 0) is 40.0 Å². The summed E-state index contributed by atoms with van der Waals surface area (Å²) < 4.78 is 0. The van der Waals surface area contributed by atoms with Crippen LogP contribution in [0.4, 0.5) is 0 Å². The topological polar surface area (TPSA) is 294 Å². The number of benzene rings is 1. The van der Waals surface area contributed by atoms with E-state index in [2.05, 4.69) is 16.0 Å². The first-order valence-corrected chi connectivity index (χ1v) is 12.1. The molecule has 0 radical (unpaired) electrons. The number of phenolic OH excluding ortho intramolecular Hbond substituents is 1. The number of phenols is 1. The maximum absolute atomic E-state index is 13.2. The summed E-state index contributed by atoms with van der Waals surface area (Å²) >= 11 is 0. The van der Waals surface area contributed by atoms with Crippen molar-refractivity contribution in [3.8, 4) is 5.75 Å². The monoisotopic (exact) mass is 566 g/mol. The first kappa shape index (κ1) is 33.3. The molecule has 0 heterocycles. The van der Waals surface area contributed by atoms with E-state index in [1.165, 1.54) is 24.3 Å². The van der Waals surface area contributed by atoms with Gasteiger partial charge in [0, 0.05) is 25.7 Å². The van der Waals surface area contributed by atoms with Gasteiger partial charge >= 0.3 is 11.9 Å². The van der Waals surface area contributed by atoms with Crippen LogP contribution in [0, 0.1) is 0 Å². The highest BCUT2D eigenvalue weighted by Gasteiger charge is 2.31. The minimum Gasteiger partial charge on any atom is -0.508 e. The van der Waals surface area contributed by atoms with E-state index in [1.54, 1.807) is 0 Å². The standard InChI is InChI=1S/C24H34N6O10/c25-14(5-8-18(26)32)21(36)28-15(6-9-19(27)33)22(37)30-17(11-12-1-3-13(31)4-2-12)23(38)29-16(24(39)40)7-10-20(34)35/h1-4,14-17,31H,5-11,25H2,(H2,26,32)(H2,27,33)(H,28,36)(H,29,38)(H,30,37)(H,34,35)(H,39,40). The van der Waals surface area contributed by atoms with Crippen LogP contribution in [-0.4, -0.2) is 81.0 Å². The molecular weight excluding hydrogens is 532 g/mol. The molecule has 0 aliphatic rings. The molecule has 40 heavy (non-hydrogen) atoms. The fraction of sp³-hybridized carbons (Fsp3) is 0.458. The summed E-state index contributed by atoms with van der Waals surface area (Å²) in [6.07, 6.45) is -2.12. The number of carbonyl (C=O) groups is 7. The van der Waals surface area contributed by atoms with Crippen molar-refractivity contribution < 1.29 is 48.9 Å². The lowest BCUT2D eigenvalue weighted by Gasteiger charge is -2.25. The Morgan fingerprint density at radius 1 is 0.675 bits per heavy atom. The Morgan fingerprint density at radius 2 is 1.15 bits per heavy atom. The van der Waals surface area contributed by atoms with Crippen LogP contribution >= 0.6 is 0 Å². The number of hydrogen-bond acceptors (Lipinski definition) is 9. The van der Waals surface area contributed by atoms with Gasteiger partial charge in [0.1, 0.15) is 23.9 Å². The van der Waals surface area contributed by atoms with Crippen LogP contribution in [0.2, 0.25) is 0 Å². The number of nitrogens with one attached hydrogen (secondary N) is 3. The number of hydrogen-bond donors (Lipinski definition) is 9. The Morgan fingerprint density at radius 3 is 1.68 bits per heavy atom. The maximum atomic E-state index is 13.2. The number of aromatic hydroxyl groups is 1. The molecule has 4 unspecified atom stereocenters. The molecule has 1 rings (SSSR count). The molecular formula is C24H34N6O10. The number of primary amides is 2. The first-order chi connectivity index (χ1) is 18.7. The van der Waals surface area contributed by atoms with Gasteiger partial charge in [-0.2, -0.15) is 0 Å². The fourth-order valence-electron chi connectivity index (χ4n) is 3.41. The Balaban J connectivity index is 3.17. The molecule has 1 aromatic carbocycles. The molecule has 5 amide bonds. The van der Waals surface area contributed by atoms with Crippen LogP contribution in [0.25, 0.3) is 0 Å². The second-order valence-electron chi connectivity index (χ2n) is 8.94. The number of amides is 5. The van der Waals surface area contributed by atoms with Crippen molar-refractivity contribution in [2.45, 2.75) is 69.1 Å². The fourth-order valence-corrected chi connectivity index (χ4v) is 3.41. The van der Waals surface area contributed by atoms with Gasteiger partial charge in [-0.25, -0.2) is 4.79 Å². The molecule has 1 aromatic rings. The lowest BCUT2D eigenvalue weighted by Crippen LogP contribution is -2.57. The van der Waals surface area contributed by atoms with Gasteiger partial charge in [-0.1, -0.05) is 12.1 Å². The smallest absolute Gasteiger partial charge is 0.326 e. The molecule has 0 aliphatic carbocycles. The van der Waals surface area contributed by atoms with E-state index < -0.39 is 78.5 Å². The van der Waals surface area contributed by atoms with Gasteiger partial charge in [0.2, 0.25) is 29.5 Å².